The van der Waals surface area contributed by atoms with E-state index in [2.05, 4.69) is 213 Å². The van der Waals surface area contributed by atoms with Crippen LogP contribution in [0.1, 0.15) is 25.0 Å². The first-order valence-corrected chi connectivity index (χ1v) is 21.4. The maximum Gasteiger partial charge on any atom is 0.160 e. The fourth-order valence-corrected chi connectivity index (χ4v) is 9.86. The van der Waals surface area contributed by atoms with Crippen LogP contribution < -0.4 is 0 Å². The monoisotopic (exact) mass is 791 g/mol. The molecule has 2 heterocycles. The van der Waals surface area contributed by atoms with E-state index in [1.54, 1.807) is 0 Å². The SMILES string of the molecule is CC1(C)c2cc3ccccc3cc2-c2c(-c3cccc(-c4cc(-c5ccc(-c6ccc7c8ccccc8n(-c8ccccc8)c7c6)cc5)nc(-c5ccccc5)n4)c3)cccc21. The van der Waals surface area contributed by atoms with Gasteiger partial charge in [-0.15, -0.1) is 0 Å². The Kier molecular flexibility index (Phi) is 8.20. The number of rotatable bonds is 6. The molecule has 9 aromatic carbocycles. The fourth-order valence-electron chi connectivity index (χ4n) is 9.86. The van der Waals surface area contributed by atoms with E-state index < -0.39 is 0 Å². The molecule has 62 heavy (non-hydrogen) atoms. The summed E-state index contributed by atoms with van der Waals surface area (Å²) in [5.41, 5.74) is 18.4. The van der Waals surface area contributed by atoms with Crippen molar-refractivity contribution in [1.29, 1.82) is 0 Å². The van der Waals surface area contributed by atoms with E-state index in [0.717, 1.165) is 39.3 Å². The average Bonchev–Trinajstić information content (AvgIpc) is 3.78. The second-order valence-electron chi connectivity index (χ2n) is 17.0. The zero-order chi connectivity index (χ0) is 41.4. The lowest BCUT2D eigenvalue weighted by Gasteiger charge is -2.22. The number of hydrogen-bond donors (Lipinski definition) is 0. The van der Waals surface area contributed by atoms with E-state index in [9.17, 15) is 0 Å². The molecule has 1 aliphatic rings. The maximum atomic E-state index is 5.23. The molecule has 0 spiro atoms. The Hall–Kier alpha value is -7.88. The zero-order valence-electron chi connectivity index (χ0n) is 34.5. The van der Waals surface area contributed by atoms with Gasteiger partial charge >= 0.3 is 0 Å². The number of para-hydroxylation sites is 2. The third-order valence-corrected chi connectivity index (χ3v) is 13.0. The van der Waals surface area contributed by atoms with E-state index in [1.807, 2.05) is 18.2 Å². The van der Waals surface area contributed by atoms with Gasteiger partial charge in [0.1, 0.15) is 0 Å². The van der Waals surface area contributed by atoms with Gasteiger partial charge in [-0.05, 0) is 104 Å². The fraction of sp³-hybridized carbons (Fsp3) is 0.0508. The van der Waals surface area contributed by atoms with Crippen LogP contribution in [0.4, 0.5) is 0 Å². The van der Waals surface area contributed by atoms with Crippen LogP contribution in [0.5, 0.6) is 0 Å². The molecule has 0 aliphatic heterocycles. The number of hydrogen-bond acceptors (Lipinski definition) is 2. The van der Waals surface area contributed by atoms with Crippen LogP contribution in [0, 0.1) is 0 Å². The van der Waals surface area contributed by atoms with Crippen molar-refractivity contribution < 1.29 is 0 Å². The second-order valence-corrected chi connectivity index (χ2v) is 17.0. The predicted octanol–water partition coefficient (Wildman–Crippen LogP) is 15.4. The summed E-state index contributed by atoms with van der Waals surface area (Å²) in [5, 5.41) is 5.04. The summed E-state index contributed by atoms with van der Waals surface area (Å²) in [5.74, 6) is 0.704. The minimum atomic E-state index is -0.112. The summed E-state index contributed by atoms with van der Waals surface area (Å²) in [6.07, 6.45) is 0. The topological polar surface area (TPSA) is 30.7 Å². The minimum absolute atomic E-state index is 0.112. The van der Waals surface area contributed by atoms with E-state index in [-0.39, 0.29) is 5.41 Å². The van der Waals surface area contributed by atoms with Gasteiger partial charge < -0.3 is 4.57 Å². The molecule has 3 nitrogen and oxygen atoms in total. The average molecular weight is 792 g/mol. The van der Waals surface area contributed by atoms with Crippen LogP contribution in [0.15, 0.2) is 212 Å². The van der Waals surface area contributed by atoms with Crippen molar-refractivity contribution in [3.63, 3.8) is 0 Å². The molecule has 0 bridgehead atoms. The van der Waals surface area contributed by atoms with E-state index in [1.165, 1.54) is 71.5 Å². The summed E-state index contributed by atoms with van der Waals surface area (Å²) in [4.78, 5) is 10.4. The van der Waals surface area contributed by atoms with Crippen molar-refractivity contribution in [3.8, 4) is 73.0 Å². The summed E-state index contributed by atoms with van der Waals surface area (Å²) in [6.45, 7) is 4.72. The van der Waals surface area contributed by atoms with E-state index >= 15 is 0 Å². The lowest BCUT2D eigenvalue weighted by molar-refractivity contribution is 0.661. The van der Waals surface area contributed by atoms with Crippen molar-refractivity contribution in [3.05, 3.63) is 223 Å². The van der Waals surface area contributed by atoms with Gasteiger partial charge in [-0.25, -0.2) is 9.97 Å². The molecule has 0 saturated heterocycles. The van der Waals surface area contributed by atoms with Crippen LogP contribution in [0.3, 0.4) is 0 Å². The molecule has 292 valence electrons. The van der Waals surface area contributed by atoms with Crippen LogP contribution in [-0.4, -0.2) is 14.5 Å². The molecule has 0 radical (unpaired) electrons. The Balaban J connectivity index is 0.949. The van der Waals surface area contributed by atoms with Gasteiger partial charge in [-0.1, -0.05) is 178 Å². The Morgan fingerprint density at radius 3 is 1.79 bits per heavy atom. The van der Waals surface area contributed by atoms with Crippen molar-refractivity contribution in [1.82, 2.24) is 14.5 Å². The van der Waals surface area contributed by atoms with Crippen molar-refractivity contribution >= 4 is 32.6 Å². The van der Waals surface area contributed by atoms with Gasteiger partial charge in [-0.2, -0.15) is 0 Å². The summed E-state index contributed by atoms with van der Waals surface area (Å²) in [6, 6.07) is 76.6. The molecule has 11 aromatic rings. The molecule has 0 N–H and O–H groups in total. The molecule has 3 heteroatoms. The molecule has 2 aromatic heterocycles. The highest BCUT2D eigenvalue weighted by molar-refractivity contribution is 6.10. The van der Waals surface area contributed by atoms with Crippen molar-refractivity contribution in [2.45, 2.75) is 19.3 Å². The van der Waals surface area contributed by atoms with Gasteiger partial charge in [0, 0.05) is 38.6 Å². The van der Waals surface area contributed by atoms with Crippen LogP contribution >= 0.6 is 0 Å². The smallest absolute Gasteiger partial charge is 0.160 e. The van der Waals surface area contributed by atoms with Crippen molar-refractivity contribution in [2.75, 3.05) is 0 Å². The second kappa shape index (κ2) is 14.1. The van der Waals surface area contributed by atoms with Crippen LogP contribution in [0.2, 0.25) is 0 Å². The molecule has 1 aliphatic carbocycles. The molecule has 0 saturated carbocycles. The van der Waals surface area contributed by atoms with Gasteiger partial charge in [0.15, 0.2) is 5.82 Å². The number of aromatic nitrogens is 3. The number of fused-ring (bicyclic) bond motifs is 7. The lowest BCUT2D eigenvalue weighted by atomic mass is 9.81. The molecule has 12 rings (SSSR count). The van der Waals surface area contributed by atoms with Crippen LogP contribution in [0.25, 0.3) is 106 Å². The molecular weight excluding hydrogens is 751 g/mol. The predicted molar refractivity (Wildman–Crippen MR) is 259 cm³/mol. The first-order valence-electron chi connectivity index (χ1n) is 21.4. The van der Waals surface area contributed by atoms with E-state index in [4.69, 9.17) is 9.97 Å². The summed E-state index contributed by atoms with van der Waals surface area (Å²) < 4.78 is 2.37. The molecular formula is C59H41N3. The van der Waals surface area contributed by atoms with Gasteiger partial charge in [0.2, 0.25) is 0 Å². The molecule has 0 unspecified atom stereocenters. The van der Waals surface area contributed by atoms with Gasteiger partial charge in [0.25, 0.3) is 0 Å². The van der Waals surface area contributed by atoms with Crippen molar-refractivity contribution in [2.24, 2.45) is 0 Å². The number of benzene rings is 9. The molecule has 0 fully saturated rings. The highest BCUT2D eigenvalue weighted by Crippen LogP contribution is 2.53. The quantitative estimate of drug-likeness (QED) is 0.168. The standard InChI is InChI=1S/C59H41N3/c1-59(2)51-25-14-24-47(57(51)50-34-41-17-9-10-18-42(41)35-52(50)59)44-19-13-20-45(33-44)54-37-53(60-58(61-54)40-15-5-3-6-16-40)39-29-27-38(28-30-39)43-31-32-49-48-23-11-12-26-55(48)62(56(49)36-43)46-21-7-4-8-22-46/h3-37H,1-2H3. The lowest BCUT2D eigenvalue weighted by Crippen LogP contribution is -2.14. The highest BCUT2D eigenvalue weighted by atomic mass is 15.0. The summed E-state index contributed by atoms with van der Waals surface area (Å²) in [7, 11) is 0. The first kappa shape index (κ1) is 36.0. The normalized spacial score (nSPS) is 12.8. The third kappa shape index (κ3) is 5.81. The zero-order valence-corrected chi connectivity index (χ0v) is 34.5. The largest absolute Gasteiger partial charge is 0.309 e. The Labute approximate surface area is 361 Å². The van der Waals surface area contributed by atoms with Gasteiger partial charge in [-0.3, -0.25) is 0 Å². The Morgan fingerprint density at radius 2 is 0.984 bits per heavy atom. The molecule has 0 amide bonds. The Morgan fingerprint density at radius 1 is 0.371 bits per heavy atom. The van der Waals surface area contributed by atoms with Gasteiger partial charge in [0.05, 0.1) is 22.4 Å². The van der Waals surface area contributed by atoms with Crippen LogP contribution in [-0.2, 0) is 5.41 Å². The van der Waals surface area contributed by atoms with E-state index in [0.29, 0.717) is 5.82 Å². The molecule has 0 atom stereocenters. The first-order chi connectivity index (χ1) is 30.5. The minimum Gasteiger partial charge on any atom is -0.309 e. The highest BCUT2D eigenvalue weighted by Gasteiger charge is 2.37. The summed E-state index contributed by atoms with van der Waals surface area (Å²) >= 11 is 0. The third-order valence-electron chi connectivity index (χ3n) is 13.0. The number of nitrogens with zero attached hydrogens (tertiary/aromatic N) is 3. The maximum absolute atomic E-state index is 5.23. The Bertz CT molecular complexity index is 3520.